The average molecular weight is 290 g/mol. The molecule has 0 N–H and O–H groups in total. The Morgan fingerprint density at radius 1 is 0.500 bits per heavy atom. The van der Waals surface area contributed by atoms with Gasteiger partial charge in [-0.15, -0.1) is 0 Å². The predicted octanol–water partition coefficient (Wildman–Crippen LogP) is 4.48. The van der Waals surface area contributed by atoms with Crippen molar-refractivity contribution in [1.82, 2.24) is 0 Å². The topological polar surface area (TPSA) is 17.1 Å². The maximum Gasteiger partial charge on any atom is 0.163 e. The van der Waals surface area contributed by atoms with Crippen molar-refractivity contribution in [2.24, 2.45) is 0 Å². The zero-order valence-corrected chi connectivity index (χ0v) is 13.0. The number of Topliss-reactive ketones (excluding diaryl/α,β-unsaturated/α-hetero) is 1. The van der Waals surface area contributed by atoms with Gasteiger partial charge in [0.1, 0.15) is 0 Å². The largest absolute Gasteiger partial charge is 0.294 e. The van der Waals surface area contributed by atoms with Crippen molar-refractivity contribution in [3.05, 3.63) is 69.8 Å². The zero-order valence-electron chi connectivity index (χ0n) is 13.0. The Labute approximate surface area is 132 Å². The van der Waals surface area contributed by atoms with Crippen LogP contribution in [0.5, 0.6) is 0 Å². The van der Waals surface area contributed by atoms with Crippen molar-refractivity contribution in [2.75, 3.05) is 0 Å². The van der Waals surface area contributed by atoms with E-state index in [0.717, 1.165) is 37.7 Å². The molecule has 0 saturated carbocycles. The van der Waals surface area contributed by atoms with Crippen LogP contribution in [0.4, 0.5) is 0 Å². The third kappa shape index (κ3) is 2.85. The molecule has 1 nitrogen and oxygen atoms in total. The molecular weight excluding hydrogens is 268 g/mol. The van der Waals surface area contributed by atoms with Gasteiger partial charge in [-0.1, -0.05) is 24.3 Å². The molecule has 0 radical (unpaired) electrons. The van der Waals surface area contributed by atoms with Gasteiger partial charge < -0.3 is 0 Å². The molecule has 5 rings (SSSR count). The molecule has 22 heavy (non-hydrogen) atoms. The summed E-state index contributed by atoms with van der Waals surface area (Å²) < 4.78 is 0. The number of hydrogen-bond donors (Lipinski definition) is 0. The Morgan fingerprint density at radius 3 is 1.41 bits per heavy atom. The number of ketones is 1. The molecule has 3 aliphatic carbocycles. The van der Waals surface area contributed by atoms with Crippen molar-refractivity contribution in [2.45, 2.75) is 51.4 Å². The molecule has 0 atom stereocenters. The summed E-state index contributed by atoms with van der Waals surface area (Å²) in [6, 6.07) is 13.6. The van der Waals surface area contributed by atoms with Crippen LogP contribution in [0.25, 0.3) is 0 Å². The number of carbonyl (C=O) groups is 1. The van der Waals surface area contributed by atoms with Gasteiger partial charge in [0, 0.05) is 12.0 Å². The van der Waals surface area contributed by atoms with E-state index in [9.17, 15) is 4.79 Å². The van der Waals surface area contributed by atoms with Crippen LogP contribution in [-0.2, 0) is 32.1 Å². The number of aryl methyl sites for hydroxylation is 5. The van der Waals surface area contributed by atoms with E-state index in [1.165, 1.54) is 40.7 Å². The number of benzene rings is 2. The molecule has 0 spiro atoms. The Bertz CT molecular complexity index is 680. The van der Waals surface area contributed by atoms with Crippen molar-refractivity contribution in [1.29, 1.82) is 0 Å². The number of rotatable bonds is 0. The first kappa shape index (κ1) is 13.8. The van der Waals surface area contributed by atoms with E-state index in [0.29, 0.717) is 12.2 Å². The molecular formula is C21H22O. The molecule has 0 amide bonds. The Morgan fingerprint density at radius 2 is 0.909 bits per heavy atom. The fourth-order valence-electron chi connectivity index (χ4n) is 3.88. The Kier molecular flexibility index (Phi) is 3.57. The van der Waals surface area contributed by atoms with Crippen molar-refractivity contribution in [3.8, 4) is 0 Å². The fourth-order valence-corrected chi connectivity index (χ4v) is 3.88. The second kappa shape index (κ2) is 5.72. The van der Waals surface area contributed by atoms with Crippen LogP contribution in [0, 0.1) is 0 Å². The van der Waals surface area contributed by atoms with Gasteiger partial charge in [-0.3, -0.25) is 4.79 Å². The monoisotopic (exact) mass is 290 g/mol. The highest BCUT2D eigenvalue weighted by Crippen LogP contribution is 2.23. The lowest BCUT2D eigenvalue weighted by molar-refractivity contribution is 0.0982. The maximum atomic E-state index is 12.6. The van der Waals surface area contributed by atoms with Crippen molar-refractivity contribution >= 4 is 5.78 Å². The van der Waals surface area contributed by atoms with Gasteiger partial charge in [0.25, 0.3) is 0 Å². The Hall–Kier alpha value is -1.89. The lowest BCUT2D eigenvalue weighted by Gasteiger charge is -2.15. The zero-order chi connectivity index (χ0) is 14.9. The fraction of sp³-hybridized carbons (Fsp3) is 0.381. The molecule has 0 fully saturated rings. The first-order valence-corrected chi connectivity index (χ1v) is 8.54. The van der Waals surface area contributed by atoms with Gasteiger partial charge >= 0.3 is 0 Å². The van der Waals surface area contributed by atoms with E-state index in [4.69, 9.17) is 0 Å². The first-order chi connectivity index (χ1) is 10.8. The average Bonchev–Trinajstić information content (AvgIpc) is 2.51. The standard InChI is InChI=1S/C21H22O/c22-21-8-7-19-10-15-3-1-5-17-12-18(14-20(21)13-17)6-2-4-16(9-15)11-19/h9-14H,1-8H2. The maximum absolute atomic E-state index is 12.6. The molecule has 0 aromatic heterocycles. The smallest absolute Gasteiger partial charge is 0.163 e. The van der Waals surface area contributed by atoms with E-state index >= 15 is 0 Å². The summed E-state index contributed by atoms with van der Waals surface area (Å²) in [4.78, 5) is 12.6. The Balaban J connectivity index is 1.85. The van der Waals surface area contributed by atoms with Gasteiger partial charge in [-0.2, -0.15) is 0 Å². The highest BCUT2D eigenvalue weighted by Gasteiger charge is 2.13. The lowest BCUT2D eigenvalue weighted by Crippen LogP contribution is -2.07. The highest BCUT2D eigenvalue weighted by atomic mass is 16.1. The summed E-state index contributed by atoms with van der Waals surface area (Å²) in [7, 11) is 0. The highest BCUT2D eigenvalue weighted by molar-refractivity contribution is 5.96. The van der Waals surface area contributed by atoms with Crippen molar-refractivity contribution < 1.29 is 4.79 Å². The van der Waals surface area contributed by atoms with E-state index in [2.05, 4.69) is 36.4 Å². The summed E-state index contributed by atoms with van der Waals surface area (Å²) in [5.41, 5.74) is 7.88. The van der Waals surface area contributed by atoms with Crippen LogP contribution in [0.1, 0.15) is 57.4 Å². The van der Waals surface area contributed by atoms with E-state index in [-0.39, 0.29) is 0 Å². The van der Waals surface area contributed by atoms with E-state index < -0.39 is 0 Å². The SMILES string of the molecule is O=C1CCc2cc3cc(c2)CCCc2cc(cc1c2)CCC3. The normalized spacial score (nSPS) is 17.5. The second-order valence-electron chi connectivity index (χ2n) is 6.83. The minimum atomic E-state index is 0.302. The minimum Gasteiger partial charge on any atom is -0.294 e. The molecule has 112 valence electrons. The number of fused-ring (bicyclic) bond motifs is 6. The summed E-state index contributed by atoms with van der Waals surface area (Å²) >= 11 is 0. The van der Waals surface area contributed by atoms with Gasteiger partial charge in [0.05, 0.1) is 0 Å². The quantitative estimate of drug-likeness (QED) is 0.699. The van der Waals surface area contributed by atoms with Crippen LogP contribution < -0.4 is 0 Å². The van der Waals surface area contributed by atoms with Gasteiger partial charge in [-0.05, 0) is 84.9 Å². The van der Waals surface area contributed by atoms with Crippen LogP contribution in [0.2, 0.25) is 0 Å². The molecule has 6 bridgehead atoms. The lowest BCUT2D eigenvalue weighted by atomic mass is 9.89. The van der Waals surface area contributed by atoms with E-state index in [1.54, 1.807) is 0 Å². The molecule has 0 aliphatic heterocycles. The van der Waals surface area contributed by atoms with Gasteiger partial charge in [-0.25, -0.2) is 0 Å². The molecule has 0 unspecified atom stereocenters. The third-order valence-corrected chi connectivity index (χ3v) is 4.99. The third-order valence-electron chi connectivity index (χ3n) is 4.99. The van der Waals surface area contributed by atoms with Crippen LogP contribution in [-0.4, -0.2) is 5.78 Å². The molecule has 0 saturated heterocycles. The molecule has 3 aliphatic rings. The van der Waals surface area contributed by atoms with Crippen LogP contribution in [0.15, 0.2) is 36.4 Å². The summed E-state index contributed by atoms with van der Waals surface area (Å²) in [6.45, 7) is 0. The predicted molar refractivity (Wildman–Crippen MR) is 89.6 cm³/mol. The second-order valence-corrected chi connectivity index (χ2v) is 6.83. The van der Waals surface area contributed by atoms with E-state index in [1.807, 2.05) is 0 Å². The summed E-state index contributed by atoms with van der Waals surface area (Å²) in [6.07, 6.45) is 8.29. The molecule has 0 heterocycles. The van der Waals surface area contributed by atoms with Crippen LogP contribution >= 0.6 is 0 Å². The van der Waals surface area contributed by atoms with Crippen LogP contribution in [0.3, 0.4) is 0 Å². The van der Waals surface area contributed by atoms with Crippen molar-refractivity contribution in [3.63, 3.8) is 0 Å². The van der Waals surface area contributed by atoms with Gasteiger partial charge in [0.2, 0.25) is 0 Å². The molecule has 2 aromatic rings. The molecule has 1 heteroatoms. The first-order valence-electron chi connectivity index (χ1n) is 8.54. The molecule has 2 aromatic carbocycles. The number of carbonyl (C=O) groups excluding carboxylic acids is 1. The summed E-state index contributed by atoms with van der Waals surface area (Å²) in [5, 5.41) is 0. The summed E-state index contributed by atoms with van der Waals surface area (Å²) in [5.74, 6) is 0.302. The van der Waals surface area contributed by atoms with Gasteiger partial charge in [0.15, 0.2) is 5.78 Å². The minimum absolute atomic E-state index is 0.302. The number of hydrogen-bond acceptors (Lipinski definition) is 1.